The molecule has 2 aromatic heterocycles. The zero-order chi connectivity index (χ0) is 15.2. The van der Waals surface area contributed by atoms with Crippen molar-refractivity contribution < 1.29 is 4.79 Å². The molecule has 0 spiro atoms. The summed E-state index contributed by atoms with van der Waals surface area (Å²) in [6.07, 6.45) is 1.26. The maximum Gasteiger partial charge on any atom is 0.252 e. The quantitative estimate of drug-likeness (QED) is 0.736. The van der Waals surface area contributed by atoms with Gasteiger partial charge < -0.3 is 10.6 Å². The fourth-order valence-corrected chi connectivity index (χ4v) is 2.08. The molecule has 0 aromatic carbocycles. The molecule has 0 aliphatic carbocycles. The van der Waals surface area contributed by atoms with E-state index in [4.69, 9.17) is 0 Å². The van der Waals surface area contributed by atoms with Crippen molar-refractivity contribution in [2.45, 2.75) is 33.6 Å². The molecule has 0 aliphatic rings. The maximum absolute atomic E-state index is 11.8. The molecule has 2 rings (SSSR count). The monoisotopic (exact) mass is 326 g/mol. The summed E-state index contributed by atoms with van der Waals surface area (Å²) < 4.78 is 1.67. The van der Waals surface area contributed by atoms with Crippen LogP contribution in [0.5, 0.6) is 0 Å². The number of nitrogens with one attached hydrogen (secondary N) is 2. The lowest BCUT2D eigenvalue weighted by Gasteiger charge is -2.04. The molecule has 0 aliphatic heterocycles. The molecule has 0 bridgehead atoms. The molecule has 2 aromatic rings. The van der Waals surface area contributed by atoms with Gasteiger partial charge in [0, 0.05) is 24.5 Å². The summed E-state index contributed by atoms with van der Waals surface area (Å²) in [4.78, 5) is 20.4. The zero-order valence-corrected chi connectivity index (χ0v) is 14.0. The van der Waals surface area contributed by atoms with Crippen molar-refractivity contribution in [3.63, 3.8) is 0 Å². The van der Waals surface area contributed by atoms with Crippen LogP contribution in [0.25, 0.3) is 5.78 Å². The van der Waals surface area contributed by atoms with E-state index >= 15 is 0 Å². The van der Waals surface area contributed by atoms with E-state index < -0.39 is 0 Å². The van der Waals surface area contributed by atoms with Gasteiger partial charge in [0.05, 0.1) is 6.42 Å². The zero-order valence-electron chi connectivity index (χ0n) is 13.2. The van der Waals surface area contributed by atoms with Gasteiger partial charge in [-0.2, -0.15) is 4.98 Å². The molecule has 8 heteroatoms. The number of halogens is 1. The minimum absolute atomic E-state index is 0. The molecule has 22 heavy (non-hydrogen) atoms. The summed E-state index contributed by atoms with van der Waals surface area (Å²) >= 11 is 0. The van der Waals surface area contributed by atoms with Crippen LogP contribution in [-0.2, 0) is 11.2 Å². The van der Waals surface area contributed by atoms with Crippen molar-refractivity contribution >= 4 is 24.1 Å². The molecule has 2 N–H and O–H groups in total. The first-order valence-electron chi connectivity index (χ1n) is 7.27. The third kappa shape index (κ3) is 4.92. The van der Waals surface area contributed by atoms with Gasteiger partial charge in [-0.3, -0.25) is 4.79 Å². The van der Waals surface area contributed by atoms with Crippen molar-refractivity contribution in [2.75, 3.05) is 19.6 Å². The molecule has 0 unspecified atom stereocenters. The Morgan fingerprint density at radius 1 is 1.23 bits per heavy atom. The highest BCUT2D eigenvalue weighted by Crippen LogP contribution is 2.05. The van der Waals surface area contributed by atoms with E-state index in [2.05, 4.69) is 32.6 Å². The maximum atomic E-state index is 11.8. The number of amides is 1. The number of aromatic nitrogens is 4. The Hall–Kier alpha value is -1.73. The number of rotatable bonds is 7. The summed E-state index contributed by atoms with van der Waals surface area (Å²) in [5, 5.41) is 10.4. The summed E-state index contributed by atoms with van der Waals surface area (Å²) in [7, 11) is 0. The van der Waals surface area contributed by atoms with Crippen molar-refractivity contribution in [1.82, 2.24) is 30.2 Å². The molecule has 122 valence electrons. The van der Waals surface area contributed by atoms with Crippen LogP contribution < -0.4 is 10.6 Å². The lowest BCUT2D eigenvalue weighted by molar-refractivity contribution is -0.120. The molecular formula is C14H23ClN6O. The van der Waals surface area contributed by atoms with Crippen molar-refractivity contribution in [2.24, 2.45) is 0 Å². The molecular weight excluding hydrogens is 304 g/mol. The molecule has 0 saturated heterocycles. The minimum Gasteiger partial charge on any atom is -0.354 e. The Morgan fingerprint density at radius 3 is 2.73 bits per heavy atom. The smallest absolute Gasteiger partial charge is 0.252 e. The second-order valence-corrected chi connectivity index (χ2v) is 5.06. The lowest BCUT2D eigenvalue weighted by Crippen LogP contribution is -2.33. The Morgan fingerprint density at radius 2 is 2.00 bits per heavy atom. The molecule has 2 heterocycles. The number of carbonyl (C=O) groups excluding carboxylic acids is 1. The molecule has 7 nitrogen and oxygen atoms in total. The molecule has 0 radical (unpaired) electrons. The van der Waals surface area contributed by atoms with Gasteiger partial charge in [-0.1, -0.05) is 6.92 Å². The SMILES string of the molecule is CCCNCCNC(=O)Cc1nc2nc(C)cc(C)n2n1.Cl. The fraction of sp³-hybridized carbons (Fsp3) is 0.571. The van der Waals surface area contributed by atoms with Crippen LogP contribution in [-0.4, -0.2) is 45.1 Å². The number of nitrogens with zero attached hydrogens (tertiary/aromatic N) is 4. The van der Waals surface area contributed by atoms with Crippen LogP contribution in [0, 0.1) is 13.8 Å². The van der Waals surface area contributed by atoms with Gasteiger partial charge in [-0.05, 0) is 32.9 Å². The van der Waals surface area contributed by atoms with Crippen LogP contribution in [0.4, 0.5) is 0 Å². The van der Waals surface area contributed by atoms with Crippen molar-refractivity contribution in [1.29, 1.82) is 0 Å². The van der Waals surface area contributed by atoms with Gasteiger partial charge in [-0.25, -0.2) is 9.50 Å². The molecule has 0 fully saturated rings. The summed E-state index contributed by atoms with van der Waals surface area (Å²) in [5.41, 5.74) is 1.85. The van der Waals surface area contributed by atoms with Gasteiger partial charge in [0.25, 0.3) is 5.78 Å². The van der Waals surface area contributed by atoms with Crippen LogP contribution in [0.2, 0.25) is 0 Å². The van der Waals surface area contributed by atoms with Gasteiger partial charge in [0.1, 0.15) is 0 Å². The van der Waals surface area contributed by atoms with Crippen LogP contribution in [0.1, 0.15) is 30.6 Å². The summed E-state index contributed by atoms with van der Waals surface area (Å²) in [5.74, 6) is 0.966. The van der Waals surface area contributed by atoms with Gasteiger partial charge in [-0.15, -0.1) is 17.5 Å². The van der Waals surface area contributed by atoms with E-state index in [0.29, 0.717) is 18.1 Å². The number of hydrogen-bond acceptors (Lipinski definition) is 5. The van der Waals surface area contributed by atoms with E-state index in [0.717, 1.165) is 30.9 Å². The highest BCUT2D eigenvalue weighted by Gasteiger charge is 2.11. The second kappa shape index (κ2) is 8.65. The highest BCUT2D eigenvalue weighted by molar-refractivity contribution is 5.85. The number of fused-ring (bicyclic) bond motifs is 1. The number of hydrogen-bond donors (Lipinski definition) is 2. The molecule has 0 atom stereocenters. The first-order valence-corrected chi connectivity index (χ1v) is 7.27. The van der Waals surface area contributed by atoms with E-state index in [1.807, 2.05) is 19.9 Å². The van der Waals surface area contributed by atoms with Crippen LogP contribution >= 0.6 is 12.4 Å². The summed E-state index contributed by atoms with van der Waals surface area (Å²) in [6, 6.07) is 1.94. The van der Waals surface area contributed by atoms with Crippen LogP contribution in [0.15, 0.2) is 6.07 Å². The molecule has 0 saturated carbocycles. The summed E-state index contributed by atoms with van der Waals surface area (Å²) in [6.45, 7) is 8.32. The third-order valence-electron chi connectivity index (χ3n) is 3.03. The third-order valence-corrected chi connectivity index (χ3v) is 3.03. The number of aryl methyl sites for hydroxylation is 2. The minimum atomic E-state index is -0.0708. The van der Waals surface area contributed by atoms with E-state index in [1.54, 1.807) is 4.52 Å². The second-order valence-electron chi connectivity index (χ2n) is 5.06. The Balaban J connectivity index is 0.00000242. The van der Waals surface area contributed by atoms with Gasteiger partial charge >= 0.3 is 0 Å². The van der Waals surface area contributed by atoms with E-state index in [-0.39, 0.29) is 24.7 Å². The first-order chi connectivity index (χ1) is 10.1. The fourth-order valence-electron chi connectivity index (χ4n) is 2.08. The Labute approximate surface area is 136 Å². The normalized spacial score (nSPS) is 10.5. The average Bonchev–Trinajstić information content (AvgIpc) is 2.81. The standard InChI is InChI=1S/C14H22N6O.ClH/c1-4-5-15-6-7-16-13(21)9-12-18-14-17-10(2)8-11(3)20(14)19-12;/h8,15H,4-7,9H2,1-3H3,(H,16,21);1H. The predicted molar refractivity (Wildman–Crippen MR) is 87.4 cm³/mol. The van der Waals surface area contributed by atoms with E-state index in [9.17, 15) is 4.79 Å². The lowest BCUT2D eigenvalue weighted by atomic mass is 10.4. The Bertz CT molecular complexity index is 627. The van der Waals surface area contributed by atoms with Crippen molar-refractivity contribution in [3.8, 4) is 0 Å². The van der Waals surface area contributed by atoms with Gasteiger partial charge in [0.15, 0.2) is 5.82 Å². The topological polar surface area (TPSA) is 84.2 Å². The largest absolute Gasteiger partial charge is 0.354 e. The van der Waals surface area contributed by atoms with E-state index in [1.165, 1.54) is 0 Å². The first kappa shape index (κ1) is 18.3. The molecule has 1 amide bonds. The Kier molecular flexibility index (Phi) is 7.20. The number of carbonyl (C=O) groups is 1. The average molecular weight is 327 g/mol. The predicted octanol–water partition coefficient (Wildman–Crippen LogP) is 0.821. The highest BCUT2D eigenvalue weighted by atomic mass is 35.5. The van der Waals surface area contributed by atoms with Crippen molar-refractivity contribution in [3.05, 3.63) is 23.3 Å². The van der Waals surface area contributed by atoms with Crippen LogP contribution in [0.3, 0.4) is 0 Å². The van der Waals surface area contributed by atoms with Gasteiger partial charge in [0.2, 0.25) is 5.91 Å².